The minimum Gasteiger partial charge on any atom is -0.493 e. The Hall–Kier alpha value is -3.40. The Bertz CT molecular complexity index is 1080. The fraction of sp³-hybridized carbons (Fsp3) is 0.350. The highest BCUT2D eigenvalue weighted by molar-refractivity contribution is 6.01. The molecule has 1 aromatic carbocycles. The molecule has 1 unspecified atom stereocenters. The van der Waals surface area contributed by atoms with Gasteiger partial charge in [-0.2, -0.15) is 5.10 Å². The largest absolute Gasteiger partial charge is 0.493 e. The van der Waals surface area contributed by atoms with Crippen LogP contribution in [0.5, 0.6) is 11.5 Å². The van der Waals surface area contributed by atoms with E-state index in [0.29, 0.717) is 34.1 Å². The molecule has 1 atom stereocenters. The third kappa shape index (κ3) is 4.43. The molecule has 0 spiro atoms. The lowest BCUT2D eigenvalue weighted by Gasteiger charge is -2.21. The van der Waals surface area contributed by atoms with Gasteiger partial charge in [0.2, 0.25) is 0 Å². The monoisotopic (exact) mass is 416 g/mol. The van der Waals surface area contributed by atoms with Gasteiger partial charge in [0.15, 0.2) is 17.1 Å². The van der Waals surface area contributed by atoms with E-state index in [2.05, 4.69) is 20.7 Å². The van der Waals surface area contributed by atoms with Crippen LogP contribution in [0.15, 0.2) is 30.6 Å². The van der Waals surface area contributed by atoms with Crippen LogP contribution in [-0.4, -0.2) is 45.5 Å². The van der Waals surface area contributed by atoms with Crippen molar-refractivity contribution >= 4 is 17.3 Å². The third-order valence-corrected chi connectivity index (χ3v) is 4.37. The van der Waals surface area contributed by atoms with Gasteiger partial charge >= 0.3 is 0 Å². The zero-order chi connectivity index (χ0) is 22.1. The lowest BCUT2D eigenvalue weighted by atomic mass is 10.1. The van der Waals surface area contributed by atoms with E-state index in [1.54, 1.807) is 12.3 Å². The van der Waals surface area contributed by atoms with Crippen LogP contribution in [0.3, 0.4) is 0 Å². The summed E-state index contributed by atoms with van der Waals surface area (Å²) < 4.78 is 26.2. The number of ether oxygens (including phenoxy) is 2. The summed E-state index contributed by atoms with van der Waals surface area (Å²) in [5.74, 6) is 0.781. The number of hydrogen-bond acceptors (Lipinski definition) is 7. The maximum absolute atomic E-state index is 14.0. The van der Waals surface area contributed by atoms with Crippen molar-refractivity contribution in [3.63, 3.8) is 0 Å². The Kier molecular flexibility index (Phi) is 5.79. The Morgan fingerprint density at radius 2 is 2.03 bits per heavy atom. The average molecular weight is 416 g/mol. The molecule has 9 nitrogen and oxygen atoms in total. The molecule has 0 saturated carbocycles. The predicted molar refractivity (Wildman–Crippen MR) is 111 cm³/mol. The number of anilines is 1. The molecule has 10 heteroatoms. The van der Waals surface area contributed by atoms with Crippen molar-refractivity contribution in [2.45, 2.75) is 32.5 Å². The van der Waals surface area contributed by atoms with Crippen molar-refractivity contribution in [2.75, 3.05) is 19.5 Å². The highest BCUT2D eigenvalue weighted by Crippen LogP contribution is 2.36. The van der Waals surface area contributed by atoms with Crippen molar-refractivity contribution in [1.82, 2.24) is 19.9 Å². The Morgan fingerprint density at radius 3 is 2.67 bits per heavy atom. The molecule has 0 aliphatic carbocycles. The maximum Gasteiger partial charge on any atom is 0.168 e. The molecule has 4 N–H and O–H groups in total. The predicted octanol–water partition coefficient (Wildman–Crippen LogP) is 2.70. The van der Waals surface area contributed by atoms with E-state index in [1.165, 1.54) is 50.9 Å². The van der Waals surface area contributed by atoms with Gasteiger partial charge < -0.3 is 25.2 Å². The molecule has 2 aromatic heterocycles. The summed E-state index contributed by atoms with van der Waals surface area (Å²) >= 11 is 0. The third-order valence-electron chi connectivity index (χ3n) is 4.37. The average Bonchev–Trinajstić information content (AvgIpc) is 3.09. The second-order valence-electron chi connectivity index (χ2n) is 7.29. The number of methoxy groups -OCH3 is 2. The Morgan fingerprint density at radius 1 is 1.30 bits per heavy atom. The van der Waals surface area contributed by atoms with E-state index in [1.807, 2.05) is 6.92 Å². The van der Waals surface area contributed by atoms with E-state index in [0.717, 1.165) is 0 Å². The zero-order valence-corrected chi connectivity index (χ0v) is 17.4. The number of nitrogens with one attached hydrogen (secondary N) is 3. The van der Waals surface area contributed by atoms with E-state index < -0.39 is 11.5 Å². The standard InChI is InChI=1S/C20H25FN6O3/c1-11(13-8-12(21)9-15(29-4)17(13)30-5)24-16-6-7-27-19(25-16)14(10-23-27)18(22)26-20(2,3)28/h6-11,28H,1-5H3,(H2,22,26)(H,24,25). The first-order valence-corrected chi connectivity index (χ1v) is 9.24. The second-order valence-corrected chi connectivity index (χ2v) is 7.29. The van der Waals surface area contributed by atoms with Gasteiger partial charge in [0.05, 0.1) is 32.0 Å². The molecule has 0 saturated heterocycles. The van der Waals surface area contributed by atoms with Crippen molar-refractivity contribution in [1.29, 1.82) is 5.41 Å². The van der Waals surface area contributed by atoms with E-state index in [9.17, 15) is 9.50 Å². The molecule has 0 amide bonds. The normalized spacial score (nSPS) is 12.5. The highest BCUT2D eigenvalue weighted by atomic mass is 19.1. The topological polar surface area (TPSA) is 117 Å². The summed E-state index contributed by atoms with van der Waals surface area (Å²) in [6.07, 6.45) is 3.19. The van der Waals surface area contributed by atoms with E-state index in [-0.39, 0.29) is 11.9 Å². The first kappa shape index (κ1) is 21.3. The first-order valence-electron chi connectivity index (χ1n) is 9.24. The zero-order valence-electron chi connectivity index (χ0n) is 17.4. The number of benzene rings is 1. The summed E-state index contributed by atoms with van der Waals surface area (Å²) in [7, 11) is 2.95. The summed E-state index contributed by atoms with van der Waals surface area (Å²) in [4.78, 5) is 4.53. The van der Waals surface area contributed by atoms with E-state index in [4.69, 9.17) is 14.9 Å². The van der Waals surface area contributed by atoms with Crippen LogP contribution >= 0.6 is 0 Å². The molecule has 3 rings (SSSR count). The van der Waals surface area contributed by atoms with Crippen LogP contribution < -0.4 is 20.1 Å². The molecule has 2 heterocycles. The van der Waals surface area contributed by atoms with Crippen LogP contribution in [0.1, 0.15) is 37.9 Å². The van der Waals surface area contributed by atoms with Gasteiger partial charge in [-0.3, -0.25) is 5.41 Å². The Balaban J connectivity index is 1.92. The number of rotatable bonds is 7. The quantitative estimate of drug-likeness (QED) is 0.266. The molecule has 3 aromatic rings. The number of fused-ring (bicyclic) bond motifs is 1. The second kappa shape index (κ2) is 8.15. The molecule has 0 radical (unpaired) electrons. The summed E-state index contributed by atoms with van der Waals surface area (Å²) in [6.45, 7) is 4.92. The van der Waals surface area contributed by atoms with Gasteiger partial charge in [-0.05, 0) is 32.9 Å². The highest BCUT2D eigenvalue weighted by Gasteiger charge is 2.20. The van der Waals surface area contributed by atoms with Crippen molar-refractivity contribution in [3.8, 4) is 11.5 Å². The summed E-state index contributed by atoms with van der Waals surface area (Å²) in [6, 6.07) is 4.00. The number of aliphatic hydroxyl groups is 1. The summed E-state index contributed by atoms with van der Waals surface area (Å²) in [5.41, 5.74) is 0.167. The van der Waals surface area contributed by atoms with E-state index >= 15 is 0 Å². The van der Waals surface area contributed by atoms with Gasteiger partial charge in [0, 0.05) is 17.8 Å². The van der Waals surface area contributed by atoms with Crippen LogP contribution in [0.25, 0.3) is 5.65 Å². The van der Waals surface area contributed by atoms with Gasteiger partial charge in [0.25, 0.3) is 0 Å². The van der Waals surface area contributed by atoms with Gasteiger partial charge in [-0.25, -0.2) is 13.9 Å². The van der Waals surface area contributed by atoms with Gasteiger partial charge in [0.1, 0.15) is 23.2 Å². The lowest BCUT2D eigenvalue weighted by Crippen LogP contribution is -2.43. The molecule has 30 heavy (non-hydrogen) atoms. The molecule has 0 fully saturated rings. The van der Waals surface area contributed by atoms with Gasteiger partial charge in [-0.15, -0.1) is 0 Å². The maximum atomic E-state index is 14.0. The molecular formula is C20H25FN6O3. The number of amidine groups is 1. The van der Waals surface area contributed by atoms with Crippen LogP contribution in [-0.2, 0) is 0 Å². The molecule has 160 valence electrons. The number of nitrogens with zero attached hydrogens (tertiary/aromatic N) is 3. The molecule has 0 aliphatic rings. The first-order chi connectivity index (χ1) is 14.1. The minimum atomic E-state index is -1.26. The SMILES string of the molecule is COc1cc(F)cc(C(C)Nc2ccn3ncc(C(=N)NC(C)(C)O)c3n2)c1OC. The molecule has 0 bridgehead atoms. The smallest absolute Gasteiger partial charge is 0.168 e. The number of hydrogen-bond donors (Lipinski definition) is 4. The van der Waals surface area contributed by atoms with Crippen molar-refractivity contribution < 1.29 is 19.0 Å². The fourth-order valence-electron chi connectivity index (χ4n) is 3.08. The molecule has 0 aliphatic heterocycles. The van der Waals surface area contributed by atoms with Crippen LogP contribution in [0.2, 0.25) is 0 Å². The fourth-order valence-corrected chi connectivity index (χ4v) is 3.08. The van der Waals surface area contributed by atoms with Crippen LogP contribution in [0, 0.1) is 11.2 Å². The van der Waals surface area contributed by atoms with Crippen molar-refractivity contribution in [3.05, 3.63) is 47.5 Å². The minimum absolute atomic E-state index is 0.00765. The van der Waals surface area contributed by atoms with Crippen LogP contribution in [0.4, 0.5) is 10.2 Å². The van der Waals surface area contributed by atoms with Crippen molar-refractivity contribution in [2.24, 2.45) is 0 Å². The molecular weight excluding hydrogens is 391 g/mol. The van der Waals surface area contributed by atoms with Gasteiger partial charge in [-0.1, -0.05) is 0 Å². The lowest BCUT2D eigenvalue weighted by molar-refractivity contribution is 0.0649. The number of halogens is 1. The summed E-state index contributed by atoms with van der Waals surface area (Å²) in [5, 5.41) is 28.2. The number of aromatic nitrogens is 3. The Labute approximate surface area is 173 Å².